The molecule has 2 aromatic heterocycles. The van der Waals surface area contributed by atoms with Crippen molar-refractivity contribution in [2.75, 3.05) is 13.7 Å². The van der Waals surface area contributed by atoms with E-state index in [4.69, 9.17) is 16.0 Å². The summed E-state index contributed by atoms with van der Waals surface area (Å²) in [5, 5.41) is 0. The number of ether oxygens (including phenoxy) is 2. The van der Waals surface area contributed by atoms with E-state index in [0.717, 1.165) is 0 Å². The first-order chi connectivity index (χ1) is 9.92. The Bertz CT molecular complexity index is 726. The van der Waals surface area contributed by atoms with Gasteiger partial charge in [0.25, 0.3) is 5.54 Å². The minimum atomic E-state index is -0.719. The fourth-order valence-electron chi connectivity index (χ4n) is 1.91. The summed E-state index contributed by atoms with van der Waals surface area (Å²) >= 11 is 0. The van der Waals surface area contributed by atoms with E-state index in [9.17, 15) is 4.79 Å². The molecule has 0 aliphatic heterocycles. The summed E-state index contributed by atoms with van der Waals surface area (Å²) in [6.07, 6.45) is 3.36. The smallest absolute Gasteiger partial charge is 0.343 e. The molecule has 0 amide bonds. The predicted molar refractivity (Wildman–Crippen MR) is 77.3 cm³/mol. The van der Waals surface area contributed by atoms with Crippen LogP contribution in [0.15, 0.2) is 18.5 Å². The molecular formula is C15H17N3O3. The second-order valence-electron chi connectivity index (χ2n) is 5.04. The zero-order valence-corrected chi connectivity index (χ0v) is 12.5. The molecule has 0 bridgehead atoms. The highest BCUT2D eigenvalue weighted by atomic mass is 16.5. The van der Waals surface area contributed by atoms with Gasteiger partial charge in [-0.15, -0.1) is 0 Å². The van der Waals surface area contributed by atoms with Gasteiger partial charge in [0, 0.05) is 32.3 Å². The van der Waals surface area contributed by atoms with Gasteiger partial charge in [-0.25, -0.2) is 16.4 Å². The SMILES string of the molecule is [C-]#[N+]C(C)(C)c1cn2cc(C(=O)OC)c(OCC)cc2n1. The minimum absolute atomic E-state index is 0.330. The van der Waals surface area contributed by atoms with Crippen LogP contribution in [0.5, 0.6) is 5.75 Å². The van der Waals surface area contributed by atoms with Crippen LogP contribution in [0.3, 0.4) is 0 Å². The van der Waals surface area contributed by atoms with Crippen LogP contribution in [0.2, 0.25) is 0 Å². The topological polar surface area (TPSA) is 57.2 Å². The van der Waals surface area contributed by atoms with E-state index in [1.165, 1.54) is 7.11 Å². The summed E-state index contributed by atoms with van der Waals surface area (Å²) in [6.45, 7) is 13.1. The molecular weight excluding hydrogens is 270 g/mol. The molecule has 2 heterocycles. The standard InChI is InChI=1S/C15H17N3O3/c1-6-21-11-7-13-17-12(15(2,3)16-4)9-18(13)8-10(11)14(19)20-5/h7-9H,6H2,1-3,5H3. The first-order valence-electron chi connectivity index (χ1n) is 6.56. The van der Waals surface area contributed by atoms with Crippen LogP contribution in [0.25, 0.3) is 10.5 Å². The first kappa shape index (κ1) is 14.9. The molecule has 110 valence electrons. The van der Waals surface area contributed by atoms with Gasteiger partial charge in [-0.2, -0.15) is 0 Å². The van der Waals surface area contributed by atoms with E-state index in [0.29, 0.717) is 29.3 Å². The zero-order valence-electron chi connectivity index (χ0n) is 12.5. The van der Waals surface area contributed by atoms with E-state index in [2.05, 4.69) is 9.83 Å². The summed E-state index contributed by atoms with van der Waals surface area (Å²) < 4.78 is 11.9. The Kier molecular flexibility index (Phi) is 3.85. The van der Waals surface area contributed by atoms with E-state index in [1.807, 2.05) is 6.92 Å². The molecule has 2 aromatic rings. The second kappa shape index (κ2) is 5.44. The zero-order chi connectivity index (χ0) is 15.6. The number of hydrogen-bond acceptors (Lipinski definition) is 4. The fraction of sp³-hybridized carbons (Fsp3) is 0.400. The number of esters is 1. The molecule has 0 saturated carbocycles. The van der Waals surface area contributed by atoms with Crippen molar-refractivity contribution in [3.8, 4) is 5.75 Å². The maximum Gasteiger partial charge on any atom is 0.343 e. The molecule has 0 aromatic carbocycles. The molecule has 0 unspecified atom stereocenters. The second-order valence-corrected chi connectivity index (χ2v) is 5.04. The van der Waals surface area contributed by atoms with Crippen molar-refractivity contribution >= 4 is 11.6 Å². The molecule has 6 nitrogen and oxygen atoms in total. The lowest BCUT2D eigenvalue weighted by molar-refractivity contribution is 0.0595. The number of imidazole rings is 1. The summed E-state index contributed by atoms with van der Waals surface area (Å²) in [5.41, 5.74) is 0.875. The number of pyridine rings is 1. The Balaban J connectivity index is 2.63. The Morgan fingerprint density at radius 2 is 2.19 bits per heavy atom. The normalized spacial score (nSPS) is 11.2. The fourth-order valence-corrected chi connectivity index (χ4v) is 1.91. The Morgan fingerprint density at radius 1 is 1.48 bits per heavy atom. The predicted octanol–water partition coefficient (Wildman–Crippen LogP) is 2.67. The third-order valence-electron chi connectivity index (χ3n) is 3.17. The lowest BCUT2D eigenvalue weighted by Crippen LogP contribution is -2.11. The molecule has 0 N–H and O–H groups in total. The van der Waals surface area contributed by atoms with Gasteiger partial charge in [-0.3, -0.25) is 0 Å². The van der Waals surface area contributed by atoms with Crippen LogP contribution >= 0.6 is 0 Å². The van der Waals surface area contributed by atoms with Gasteiger partial charge in [-0.05, 0) is 6.92 Å². The van der Waals surface area contributed by atoms with E-state index < -0.39 is 11.5 Å². The van der Waals surface area contributed by atoms with Gasteiger partial charge >= 0.3 is 5.97 Å². The van der Waals surface area contributed by atoms with Gasteiger partial charge in [-0.1, -0.05) is 0 Å². The third-order valence-corrected chi connectivity index (χ3v) is 3.17. The number of fused-ring (bicyclic) bond motifs is 1. The number of carbonyl (C=O) groups excluding carboxylic acids is 1. The molecule has 0 aliphatic carbocycles. The largest absolute Gasteiger partial charge is 0.493 e. The molecule has 6 heteroatoms. The molecule has 0 atom stereocenters. The van der Waals surface area contributed by atoms with Crippen molar-refractivity contribution in [2.45, 2.75) is 26.3 Å². The minimum Gasteiger partial charge on any atom is -0.493 e. The van der Waals surface area contributed by atoms with Crippen molar-refractivity contribution in [1.29, 1.82) is 0 Å². The van der Waals surface area contributed by atoms with Crippen molar-refractivity contribution in [3.63, 3.8) is 0 Å². The lowest BCUT2D eigenvalue weighted by Gasteiger charge is -2.08. The van der Waals surface area contributed by atoms with Crippen LogP contribution < -0.4 is 4.74 Å². The number of carbonyl (C=O) groups is 1. The van der Waals surface area contributed by atoms with Crippen LogP contribution in [0, 0.1) is 6.57 Å². The number of aromatic nitrogens is 2. The molecule has 21 heavy (non-hydrogen) atoms. The van der Waals surface area contributed by atoms with Gasteiger partial charge in [0.05, 0.1) is 13.7 Å². The summed E-state index contributed by atoms with van der Waals surface area (Å²) in [7, 11) is 1.32. The first-order valence-corrected chi connectivity index (χ1v) is 6.56. The maximum atomic E-state index is 11.8. The maximum absolute atomic E-state index is 11.8. The van der Waals surface area contributed by atoms with Gasteiger partial charge in [0.2, 0.25) is 0 Å². The van der Waals surface area contributed by atoms with Crippen molar-refractivity contribution in [1.82, 2.24) is 9.38 Å². The van der Waals surface area contributed by atoms with Crippen molar-refractivity contribution in [3.05, 3.63) is 41.1 Å². The summed E-state index contributed by atoms with van der Waals surface area (Å²) in [4.78, 5) is 19.8. The quantitative estimate of drug-likeness (QED) is 0.641. The summed E-state index contributed by atoms with van der Waals surface area (Å²) in [6, 6.07) is 1.68. The third kappa shape index (κ3) is 2.68. The monoisotopic (exact) mass is 287 g/mol. The average Bonchev–Trinajstić information content (AvgIpc) is 2.89. The van der Waals surface area contributed by atoms with Crippen LogP contribution in [0.4, 0.5) is 0 Å². The summed E-state index contributed by atoms with van der Waals surface area (Å²) in [5.74, 6) is -0.0466. The number of hydrogen-bond donors (Lipinski definition) is 0. The lowest BCUT2D eigenvalue weighted by atomic mass is 10.0. The highest BCUT2D eigenvalue weighted by molar-refractivity contribution is 5.92. The van der Waals surface area contributed by atoms with E-state index in [-0.39, 0.29) is 0 Å². The number of methoxy groups -OCH3 is 1. The van der Waals surface area contributed by atoms with E-state index >= 15 is 0 Å². The highest BCUT2D eigenvalue weighted by Gasteiger charge is 2.29. The van der Waals surface area contributed by atoms with Gasteiger partial charge in [0.1, 0.15) is 22.7 Å². The number of rotatable bonds is 4. The number of nitrogens with zero attached hydrogens (tertiary/aromatic N) is 3. The van der Waals surface area contributed by atoms with Crippen LogP contribution in [-0.2, 0) is 10.3 Å². The van der Waals surface area contributed by atoms with E-state index in [1.54, 1.807) is 36.7 Å². The average molecular weight is 287 g/mol. The van der Waals surface area contributed by atoms with Gasteiger partial charge < -0.3 is 18.7 Å². The molecule has 0 fully saturated rings. The molecule has 0 radical (unpaired) electrons. The highest BCUT2D eigenvalue weighted by Crippen LogP contribution is 2.27. The van der Waals surface area contributed by atoms with Crippen LogP contribution in [-0.4, -0.2) is 29.1 Å². The van der Waals surface area contributed by atoms with Gasteiger partial charge in [0.15, 0.2) is 0 Å². The molecule has 2 rings (SSSR count). The Morgan fingerprint density at radius 3 is 2.76 bits per heavy atom. The van der Waals surface area contributed by atoms with Crippen molar-refractivity contribution < 1.29 is 14.3 Å². The Hall–Kier alpha value is -2.55. The van der Waals surface area contributed by atoms with Crippen LogP contribution in [0.1, 0.15) is 36.8 Å². The molecule has 0 spiro atoms. The van der Waals surface area contributed by atoms with Crippen molar-refractivity contribution in [2.24, 2.45) is 0 Å². The molecule has 0 aliphatic rings. The Labute approximate surface area is 123 Å². The molecule has 0 saturated heterocycles.